The summed E-state index contributed by atoms with van der Waals surface area (Å²) in [4.78, 5) is 43.3. The third kappa shape index (κ3) is 19.9. The molecule has 13 heteroatoms. The summed E-state index contributed by atoms with van der Waals surface area (Å²) in [6, 6.07) is 0. The van der Waals surface area contributed by atoms with Crippen LogP contribution in [0.3, 0.4) is 0 Å². The maximum absolute atomic E-state index is 11.8. The number of hydrogen-bond acceptors (Lipinski definition) is 13. The van der Waals surface area contributed by atoms with E-state index >= 15 is 0 Å². The van der Waals surface area contributed by atoms with Crippen LogP contribution in [0, 0.1) is 0 Å². The van der Waals surface area contributed by atoms with Gasteiger partial charge in [0.1, 0.15) is 41.8 Å². The van der Waals surface area contributed by atoms with Crippen LogP contribution in [-0.2, 0) is 42.9 Å². The number of ether oxygens (including phenoxy) is 5. The number of unbranched alkanes of at least 4 members (excludes halogenated alkanes) is 1. The van der Waals surface area contributed by atoms with Crippen molar-refractivity contribution in [1.82, 2.24) is 0 Å². The lowest BCUT2D eigenvalue weighted by Gasteiger charge is -2.26. The van der Waals surface area contributed by atoms with E-state index in [1.165, 1.54) is 13.8 Å². The van der Waals surface area contributed by atoms with Crippen LogP contribution in [0.1, 0.15) is 102 Å². The van der Waals surface area contributed by atoms with Crippen molar-refractivity contribution in [3.63, 3.8) is 0 Å². The molecule has 0 aliphatic carbocycles. The van der Waals surface area contributed by atoms with Crippen LogP contribution in [-0.4, -0.2) is 113 Å². The first kappa shape index (κ1) is 43.3. The van der Waals surface area contributed by atoms with Crippen LogP contribution in [0.4, 0.5) is 0 Å². The number of rotatable bonds is 16. The van der Waals surface area contributed by atoms with Crippen molar-refractivity contribution >= 4 is 23.3 Å². The number of aliphatic hydroxyl groups is 4. The molecular weight excluding hydrogens is 568 g/mol. The Hall–Kier alpha value is -1.84. The Balaban J connectivity index is -0.000000774. The lowest BCUT2D eigenvalue weighted by molar-refractivity contribution is -0.193. The molecule has 0 aromatic rings. The van der Waals surface area contributed by atoms with Gasteiger partial charge in [-0.05, 0) is 41.0 Å². The number of aliphatic hydroxyl groups excluding tert-OH is 4. The number of esters is 1. The van der Waals surface area contributed by atoms with Gasteiger partial charge < -0.3 is 58.5 Å². The Labute approximate surface area is 257 Å². The van der Waals surface area contributed by atoms with Crippen LogP contribution in [0.15, 0.2) is 0 Å². The quantitative estimate of drug-likeness (QED) is 0.144. The van der Waals surface area contributed by atoms with Crippen LogP contribution in [0.2, 0.25) is 0 Å². The van der Waals surface area contributed by atoms with E-state index in [0.717, 1.165) is 12.8 Å². The number of carbonyl (C=O) groups is 4. The van der Waals surface area contributed by atoms with E-state index in [2.05, 4.69) is 6.92 Å². The molecule has 0 aromatic carbocycles. The molecule has 6 atom stereocenters. The zero-order valence-corrected chi connectivity index (χ0v) is 26.0. The van der Waals surface area contributed by atoms with Gasteiger partial charge in [0.25, 0.3) is 0 Å². The van der Waals surface area contributed by atoms with Gasteiger partial charge in [0, 0.05) is 32.1 Å². The Morgan fingerprint density at radius 2 is 1.19 bits per heavy atom. The van der Waals surface area contributed by atoms with Gasteiger partial charge in [0.15, 0.2) is 11.6 Å². The number of carbonyl (C=O) groups excluding carboxylic acids is 4. The molecule has 0 spiro atoms. The van der Waals surface area contributed by atoms with Crippen molar-refractivity contribution < 1.29 is 64.7 Å². The predicted molar refractivity (Wildman–Crippen MR) is 158 cm³/mol. The van der Waals surface area contributed by atoms with Crippen molar-refractivity contribution in [2.24, 2.45) is 0 Å². The van der Waals surface area contributed by atoms with E-state index in [9.17, 15) is 19.2 Å². The smallest absolute Gasteiger partial charge is 0.466 e. The molecule has 0 aromatic heterocycles. The standard InChI is InChI=1S/C19H32O7.C6H10O2.C4H10O4.CH4/c1-5-6-11-22-17(21)8-10-19(4)24-13-16(26-19)15-12-23-18(3,25-15)9-7-14(2)20;1-5(7)3-4-6(2)8;5-1-3(7)4(8)2-6;/h15-16H,5-13H2,1-4H3;3-4H2,1-2H3;3-8H,1-2H2;1H4/p+1. The average Bonchev–Trinajstić information content (AvgIpc) is 3.53. The van der Waals surface area contributed by atoms with Gasteiger partial charge in [-0.2, -0.15) is 0 Å². The van der Waals surface area contributed by atoms with E-state index in [4.69, 9.17) is 44.1 Å². The SMILES string of the molecule is C.CC(=O)CCC(C)=O.CCCCOC(=O)CCC1(C)OCC(C2COC(C)(CCC(C)=O)O2)O1.OCC(O)C(O)CO.[H+]. The maximum Gasteiger partial charge on any atom is 1.00 e. The third-order valence-corrected chi connectivity index (χ3v) is 6.44. The summed E-state index contributed by atoms with van der Waals surface area (Å²) >= 11 is 0. The molecule has 6 unspecified atom stereocenters. The molecule has 0 bridgehead atoms. The zero-order chi connectivity index (χ0) is 32.3. The molecule has 13 nitrogen and oxygen atoms in total. The fourth-order valence-electron chi connectivity index (χ4n) is 3.65. The monoisotopic (exact) mass is 625 g/mol. The second kappa shape index (κ2) is 22.6. The van der Waals surface area contributed by atoms with Gasteiger partial charge in [-0.3, -0.25) is 4.79 Å². The second-order valence-electron chi connectivity index (χ2n) is 10.9. The summed E-state index contributed by atoms with van der Waals surface area (Å²) < 4.78 is 28.7. The molecule has 2 fully saturated rings. The molecule has 2 aliphatic rings. The summed E-state index contributed by atoms with van der Waals surface area (Å²) in [7, 11) is 0. The predicted octanol–water partition coefficient (Wildman–Crippen LogP) is 2.13. The number of hydrogen-bond donors (Lipinski definition) is 4. The molecular formula is C30H57O13+. The molecule has 2 aliphatic heterocycles. The van der Waals surface area contributed by atoms with Gasteiger partial charge in [-0.1, -0.05) is 20.8 Å². The molecule has 2 rings (SSSR count). The average molecular weight is 626 g/mol. The summed E-state index contributed by atoms with van der Waals surface area (Å²) in [5.41, 5.74) is 0. The third-order valence-electron chi connectivity index (χ3n) is 6.44. The molecule has 0 amide bonds. The van der Waals surface area contributed by atoms with Crippen molar-refractivity contribution in [1.29, 1.82) is 0 Å². The Morgan fingerprint density at radius 1 is 0.791 bits per heavy atom. The van der Waals surface area contributed by atoms with Crippen molar-refractivity contribution in [2.45, 2.75) is 136 Å². The zero-order valence-electron chi connectivity index (χ0n) is 27.0. The molecule has 2 heterocycles. The van der Waals surface area contributed by atoms with Crippen LogP contribution in [0.5, 0.6) is 0 Å². The van der Waals surface area contributed by atoms with Gasteiger partial charge in [0.2, 0.25) is 0 Å². The Bertz CT molecular complexity index is 805. The van der Waals surface area contributed by atoms with Crippen LogP contribution < -0.4 is 0 Å². The fourth-order valence-corrected chi connectivity index (χ4v) is 3.65. The summed E-state index contributed by atoms with van der Waals surface area (Å²) in [6.07, 6.45) is 1.35. The minimum Gasteiger partial charge on any atom is -0.466 e. The number of Topliss-reactive ketones (excluding diaryl/α,β-unsaturated/α-hetero) is 3. The lowest BCUT2D eigenvalue weighted by atomic mass is 10.1. The molecule has 4 N–H and O–H groups in total. The summed E-state index contributed by atoms with van der Waals surface area (Å²) in [6.45, 7) is 10.5. The highest BCUT2D eigenvalue weighted by molar-refractivity contribution is 5.83. The van der Waals surface area contributed by atoms with E-state index < -0.39 is 37.0 Å². The van der Waals surface area contributed by atoms with Gasteiger partial charge in [-0.15, -0.1) is 0 Å². The lowest BCUT2D eigenvalue weighted by Crippen LogP contribution is -2.36. The minimum atomic E-state index is -1.22. The highest BCUT2D eigenvalue weighted by Gasteiger charge is 2.47. The minimum absolute atomic E-state index is 0. The fraction of sp³-hybridized carbons (Fsp3) is 0.867. The maximum atomic E-state index is 11.8. The van der Waals surface area contributed by atoms with Crippen molar-refractivity contribution in [2.75, 3.05) is 33.0 Å². The molecule has 0 radical (unpaired) electrons. The molecule has 254 valence electrons. The van der Waals surface area contributed by atoms with E-state index in [1.807, 2.05) is 13.8 Å². The first-order valence-electron chi connectivity index (χ1n) is 14.5. The first-order chi connectivity index (χ1) is 19.6. The second-order valence-corrected chi connectivity index (χ2v) is 10.9. The Kier molecular flexibility index (Phi) is 22.8. The topological polar surface area (TPSA) is 195 Å². The summed E-state index contributed by atoms with van der Waals surface area (Å²) in [5.74, 6) is -1.54. The van der Waals surface area contributed by atoms with E-state index in [-0.39, 0.29) is 50.8 Å². The van der Waals surface area contributed by atoms with Crippen LogP contribution in [0.25, 0.3) is 0 Å². The first-order valence-corrected chi connectivity index (χ1v) is 14.5. The van der Waals surface area contributed by atoms with E-state index in [1.54, 1.807) is 6.92 Å². The normalized spacial score (nSPS) is 25.6. The largest absolute Gasteiger partial charge is 1.00 e. The van der Waals surface area contributed by atoms with Gasteiger partial charge in [-0.25, -0.2) is 0 Å². The van der Waals surface area contributed by atoms with Crippen LogP contribution >= 0.6 is 0 Å². The van der Waals surface area contributed by atoms with Gasteiger partial charge in [0.05, 0.1) is 39.5 Å². The molecule has 2 saturated heterocycles. The summed E-state index contributed by atoms with van der Waals surface area (Å²) in [5, 5.41) is 33.2. The molecule has 43 heavy (non-hydrogen) atoms. The highest BCUT2D eigenvalue weighted by Crippen LogP contribution is 2.36. The van der Waals surface area contributed by atoms with Crippen molar-refractivity contribution in [3.8, 4) is 0 Å². The number of ketones is 3. The molecule has 0 saturated carbocycles. The van der Waals surface area contributed by atoms with Gasteiger partial charge >= 0.3 is 7.40 Å². The van der Waals surface area contributed by atoms with E-state index in [0.29, 0.717) is 51.9 Å². The highest BCUT2D eigenvalue weighted by atomic mass is 16.8. The Morgan fingerprint density at radius 3 is 1.53 bits per heavy atom. The van der Waals surface area contributed by atoms with Crippen molar-refractivity contribution in [3.05, 3.63) is 0 Å².